The Labute approximate surface area is 111 Å². The Bertz CT molecular complexity index is 194. The lowest BCUT2D eigenvalue weighted by molar-refractivity contribution is -0.120. The van der Waals surface area contributed by atoms with E-state index in [1.54, 1.807) is 6.92 Å². The quantitative estimate of drug-likeness (QED) is 0.477. The Morgan fingerprint density at radius 1 is 0.944 bits per heavy atom. The molecular weight excluding hydrogens is 232 g/mol. The van der Waals surface area contributed by atoms with E-state index in [1.165, 1.54) is 0 Å². The van der Waals surface area contributed by atoms with E-state index >= 15 is 0 Å². The Morgan fingerprint density at radius 2 is 1.44 bits per heavy atom. The van der Waals surface area contributed by atoms with E-state index in [-0.39, 0.29) is 11.7 Å². The van der Waals surface area contributed by atoms with E-state index in [1.807, 2.05) is 6.92 Å². The number of ether oxygens (including phenoxy) is 3. The van der Waals surface area contributed by atoms with Gasteiger partial charge in [-0.2, -0.15) is 0 Å². The van der Waals surface area contributed by atoms with Crippen LogP contribution in [-0.4, -0.2) is 45.4 Å². The normalized spacial score (nSPS) is 12.6. The van der Waals surface area contributed by atoms with Crippen molar-refractivity contribution in [1.82, 2.24) is 0 Å². The molecule has 4 nitrogen and oxygen atoms in total. The molecule has 1 unspecified atom stereocenters. The van der Waals surface area contributed by atoms with Crippen molar-refractivity contribution in [2.45, 2.75) is 40.0 Å². The number of rotatable bonds is 13. The molecular formula is C14H28O4. The minimum Gasteiger partial charge on any atom is -0.379 e. The maximum absolute atomic E-state index is 11.0. The Hall–Kier alpha value is -0.450. The largest absolute Gasteiger partial charge is 0.379 e. The van der Waals surface area contributed by atoms with Gasteiger partial charge in [0.05, 0.1) is 26.4 Å². The molecule has 0 amide bonds. The number of hydrogen-bond acceptors (Lipinski definition) is 4. The van der Waals surface area contributed by atoms with E-state index in [0.29, 0.717) is 33.0 Å². The molecule has 0 heterocycles. The molecule has 18 heavy (non-hydrogen) atoms. The molecule has 0 radical (unpaired) electrons. The molecule has 4 heteroatoms. The molecule has 1 atom stereocenters. The number of carbonyl (C=O) groups is 1. The van der Waals surface area contributed by atoms with Crippen LogP contribution in [0.3, 0.4) is 0 Å². The second-order valence-electron chi connectivity index (χ2n) is 4.49. The summed E-state index contributed by atoms with van der Waals surface area (Å²) in [6, 6.07) is 0. The van der Waals surface area contributed by atoms with Crippen LogP contribution in [0.2, 0.25) is 0 Å². The van der Waals surface area contributed by atoms with Gasteiger partial charge in [0, 0.05) is 19.1 Å². The van der Waals surface area contributed by atoms with E-state index in [4.69, 9.17) is 14.2 Å². The first-order valence-corrected chi connectivity index (χ1v) is 6.92. The standard InChI is InChI=1S/C14H28O4/c1-4-5-7-16-9-11-18-12-10-17-8-6-13(2)14(3)15/h13H,4-12H2,1-3H3. The summed E-state index contributed by atoms with van der Waals surface area (Å²) >= 11 is 0. The molecule has 0 rings (SSSR count). The Kier molecular flexibility index (Phi) is 12.7. The van der Waals surface area contributed by atoms with Crippen LogP contribution < -0.4 is 0 Å². The maximum Gasteiger partial charge on any atom is 0.132 e. The molecule has 0 aliphatic carbocycles. The van der Waals surface area contributed by atoms with Crippen LogP contribution >= 0.6 is 0 Å². The summed E-state index contributed by atoms with van der Waals surface area (Å²) in [7, 11) is 0. The van der Waals surface area contributed by atoms with Gasteiger partial charge in [0.2, 0.25) is 0 Å². The first-order chi connectivity index (χ1) is 8.68. The monoisotopic (exact) mass is 260 g/mol. The fourth-order valence-electron chi connectivity index (χ4n) is 1.25. The van der Waals surface area contributed by atoms with E-state index in [2.05, 4.69) is 6.92 Å². The molecule has 0 fully saturated rings. The summed E-state index contributed by atoms with van der Waals surface area (Å²) < 4.78 is 16.1. The highest BCUT2D eigenvalue weighted by molar-refractivity contribution is 5.77. The summed E-state index contributed by atoms with van der Waals surface area (Å²) in [5.74, 6) is 0.317. The van der Waals surface area contributed by atoms with Crippen LogP contribution in [0.25, 0.3) is 0 Å². The van der Waals surface area contributed by atoms with Gasteiger partial charge in [-0.3, -0.25) is 4.79 Å². The molecule has 0 aliphatic rings. The maximum atomic E-state index is 11.0. The summed E-state index contributed by atoms with van der Waals surface area (Å²) in [4.78, 5) is 11.0. The van der Waals surface area contributed by atoms with Gasteiger partial charge < -0.3 is 14.2 Å². The average Bonchev–Trinajstić information content (AvgIpc) is 2.35. The molecule has 108 valence electrons. The summed E-state index contributed by atoms with van der Waals surface area (Å²) in [5.41, 5.74) is 0. The third kappa shape index (κ3) is 12.0. The van der Waals surface area contributed by atoms with Crippen molar-refractivity contribution in [3.63, 3.8) is 0 Å². The summed E-state index contributed by atoms with van der Waals surface area (Å²) in [6.45, 7) is 9.58. The second-order valence-corrected chi connectivity index (χ2v) is 4.49. The van der Waals surface area contributed by atoms with Crippen LogP contribution in [0.1, 0.15) is 40.0 Å². The topological polar surface area (TPSA) is 44.8 Å². The predicted octanol–water partition coefficient (Wildman–Crippen LogP) is 2.45. The number of Topliss-reactive ketones (excluding diaryl/α,β-unsaturated/α-hetero) is 1. The smallest absolute Gasteiger partial charge is 0.132 e. The van der Waals surface area contributed by atoms with Crippen molar-refractivity contribution >= 4 is 5.78 Å². The van der Waals surface area contributed by atoms with Gasteiger partial charge in [-0.15, -0.1) is 0 Å². The molecule has 0 bridgehead atoms. The zero-order chi connectivity index (χ0) is 13.6. The van der Waals surface area contributed by atoms with E-state index in [0.717, 1.165) is 25.9 Å². The van der Waals surface area contributed by atoms with E-state index < -0.39 is 0 Å². The van der Waals surface area contributed by atoms with Gasteiger partial charge >= 0.3 is 0 Å². The van der Waals surface area contributed by atoms with Crippen molar-refractivity contribution in [2.24, 2.45) is 5.92 Å². The van der Waals surface area contributed by atoms with Gasteiger partial charge in [-0.25, -0.2) is 0 Å². The number of carbonyl (C=O) groups excluding carboxylic acids is 1. The molecule has 0 aromatic heterocycles. The molecule has 0 aliphatic heterocycles. The molecule has 0 aromatic carbocycles. The highest BCUT2D eigenvalue weighted by Gasteiger charge is 2.06. The van der Waals surface area contributed by atoms with Crippen LogP contribution in [0.15, 0.2) is 0 Å². The molecule has 0 spiro atoms. The third-order valence-electron chi connectivity index (χ3n) is 2.78. The zero-order valence-corrected chi connectivity index (χ0v) is 12.1. The number of hydrogen-bond donors (Lipinski definition) is 0. The molecule has 0 N–H and O–H groups in total. The summed E-state index contributed by atoms with van der Waals surface area (Å²) in [6.07, 6.45) is 3.06. The Morgan fingerprint density at radius 3 is 1.94 bits per heavy atom. The number of ketones is 1. The van der Waals surface area contributed by atoms with Gasteiger partial charge in [-0.05, 0) is 19.8 Å². The highest BCUT2D eigenvalue weighted by Crippen LogP contribution is 2.02. The lowest BCUT2D eigenvalue weighted by Gasteiger charge is -2.08. The SMILES string of the molecule is CCCCOCCOCCOCCC(C)C(C)=O. The van der Waals surface area contributed by atoms with Crippen molar-refractivity contribution in [3.05, 3.63) is 0 Å². The van der Waals surface area contributed by atoms with Gasteiger partial charge in [-0.1, -0.05) is 20.3 Å². The van der Waals surface area contributed by atoms with Crippen LogP contribution in [0.5, 0.6) is 0 Å². The third-order valence-corrected chi connectivity index (χ3v) is 2.78. The van der Waals surface area contributed by atoms with Crippen molar-refractivity contribution in [2.75, 3.05) is 39.6 Å². The lowest BCUT2D eigenvalue weighted by Crippen LogP contribution is -2.13. The van der Waals surface area contributed by atoms with Crippen molar-refractivity contribution in [1.29, 1.82) is 0 Å². The molecule has 0 saturated heterocycles. The van der Waals surface area contributed by atoms with Gasteiger partial charge in [0.25, 0.3) is 0 Å². The average molecular weight is 260 g/mol. The second kappa shape index (κ2) is 13.0. The van der Waals surface area contributed by atoms with Crippen molar-refractivity contribution < 1.29 is 19.0 Å². The fraction of sp³-hybridized carbons (Fsp3) is 0.929. The minimum atomic E-state index is 0.0953. The molecule has 0 aromatic rings. The van der Waals surface area contributed by atoms with Crippen LogP contribution in [0, 0.1) is 5.92 Å². The van der Waals surface area contributed by atoms with Gasteiger partial charge in [0.15, 0.2) is 0 Å². The lowest BCUT2D eigenvalue weighted by atomic mass is 10.1. The Balaban J connectivity index is 3.05. The highest BCUT2D eigenvalue weighted by atomic mass is 16.5. The van der Waals surface area contributed by atoms with Gasteiger partial charge in [0.1, 0.15) is 5.78 Å². The van der Waals surface area contributed by atoms with Crippen LogP contribution in [0.4, 0.5) is 0 Å². The first-order valence-electron chi connectivity index (χ1n) is 6.92. The molecule has 0 saturated carbocycles. The minimum absolute atomic E-state index is 0.0953. The fourth-order valence-corrected chi connectivity index (χ4v) is 1.25. The van der Waals surface area contributed by atoms with Crippen molar-refractivity contribution in [3.8, 4) is 0 Å². The number of unbranched alkanes of at least 4 members (excludes halogenated alkanes) is 1. The van der Waals surface area contributed by atoms with E-state index in [9.17, 15) is 4.79 Å². The summed E-state index contributed by atoms with van der Waals surface area (Å²) in [5, 5.41) is 0. The predicted molar refractivity (Wildman–Crippen MR) is 71.8 cm³/mol. The zero-order valence-electron chi connectivity index (χ0n) is 12.1. The van der Waals surface area contributed by atoms with Crippen LogP contribution in [-0.2, 0) is 19.0 Å². The first kappa shape index (κ1) is 17.6.